The molecule has 2 amide bonds. The third-order valence-electron chi connectivity index (χ3n) is 3.56. The maximum absolute atomic E-state index is 12.1. The summed E-state index contributed by atoms with van der Waals surface area (Å²) < 4.78 is 0. The molecule has 3 rings (SSSR count). The Hall–Kier alpha value is -2.63. The van der Waals surface area contributed by atoms with E-state index < -0.39 is 6.04 Å². The Balaban J connectivity index is 1.58. The van der Waals surface area contributed by atoms with E-state index in [-0.39, 0.29) is 11.8 Å². The SMILES string of the molecule is O=C1NC(C(=O)NCCc2cnc[nH]2)Cc2ccccc21. The minimum absolute atomic E-state index is 0.155. The first-order valence-electron chi connectivity index (χ1n) is 6.88. The van der Waals surface area contributed by atoms with E-state index in [4.69, 9.17) is 0 Å². The second-order valence-corrected chi connectivity index (χ2v) is 5.01. The molecule has 0 aliphatic carbocycles. The van der Waals surface area contributed by atoms with Gasteiger partial charge in [-0.3, -0.25) is 9.59 Å². The minimum atomic E-state index is -0.505. The second-order valence-electron chi connectivity index (χ2n) is 5.01. The highest BCUT2D eigenvalue weighted by Crippen LogP contribution is 2.16. The number of amides is 2. The van der Waals surface area contributed by atoms with Gasteiger partial charge in [0.25, 0.3) is 5.91 Å². The first kappa shape index (κ1) is 13.4. The van der Waals surface area contributed by atoms with Crippen LogP contribution in [0.4, 0.5) is 0 Å². The summed E-state index contributed by atoms with van der Waals surface area (Å²) >= 11 is 0. The van der Waals surface area contributed by atoms with Crippen molar-refractivity contribution in [3.05, 3.63) is 53.6 Å². The number of aromatic amines is 1. The lowest BCUT2D eigenvalue weighted by Gasteiger charge is -2.24. The number of hydrogen-bond acceptors (Lipinski definition) is 3. The van der Waals surface area contributed by atoms with Crippen molar-refractivity contribution >= 4 is 11.8 Å². The van der Waals surface area contributed by atoms with Crippen LogP contribution in [-0.2, 0) is 17.6 Å². The number of rotatable bonds is 4. The average molecular weight is 284 g/mol. The summed E-state index contributed by atoms with van der Waals surface area (Å²) in [4.78, 5) is 31.0. The fourth-order valence-corrected chi connectivity index (χ4v) is 2.45. The molecule has 2 aromatic rings. The van der Waals surface area contributed by atoms with E-state index in [9.17, 15) is 9.59 Å². The number of fused-ring (bicyclic) bond motifs is 1. The van der Waals surface area contributed by atoms with Gasteiger partial charge in [0.05, 0.1) is 6.33 Å². The van der Waals surface area contributed by atoms with E-state index in [1.807, 2.05) is 18.2 Å². The van der Waals surface area contributed by atoms with Gasteiger partial charge in [0.1, 0.15) is 6.04 Å². The number of carbonyl (C=O) groups excluding carboxylic acids is 2. The van der Waals surface area contributed by atoms with Gasteiger partial charge in [-0.15, -0.1) is 0 Å². The highest BCUT2D eigenvalue weighted by atomic mass is 16.2. The lowest BCUT2D eigenvalue weighted by molar-refractivity contribution is -0.123. The van der Waals surface area contributed by atoms with Gasteiger partial charge in [-0.1, -0.05) is 18.2 Å². The summed E-state index contributed by atoms with van der Waals surface area (Å²) in [5.41, 5.74) is 2.53. The van der Waals surface area contributed by atoms with E-state index >= 15 is 0 Å². The predicted molar refractivity (Wildman–Crippen MR) is 76.7 cm³/mol. The van der Waals surface area contributed by atoms with Gasteiger partial charge >= 0.3 is 0 Å². The van der Waals surface area contributed by atoms with E-state index in [1.54, 1.807) is 18.6 Å². The monoisotopic (exact) mass is 284 g/mol. The summed E-state index contributed by atoms with van der Waals surface area (Å²) in [5.74, 6) is -0.345. The van der Waals surface area contributed by atoms with Gasteiger partial charge in [-0.2, -0.15) is 0 Å². The second kappa shape index (κ2) is 5.78. The Labute approximate surface area is 122 Å². The van der Waals surface area contributed by atoms with Crippen LogP contribution >= 0.6 is 0 Å². The molecule has 0 radical (unpaired) electrons. The van der Waals surface area contributed by atoms with Gasteiger partial charge in [-0.05, 0) is 11.6 Å². The molecule has 1 unspecified atom stereocenters. The zero-order valence-electron chi connectivity index (χ0n) is 11.4. The molecule has 0 fully saturated rings. The van der Waals surface area contributed by atoms with Crippen LogP contribution in [0.3, 0.4) is 0 Å². The molecule has 3 N–H and O–H groups in total. The largest absolute Gasteiger partial charge is 0.354 e. The number of nitrogens with one attached hydrogen (secondary N) is 3. The lowest BCUT2D eigenvalue weighted by atomic mass is 9.95. The standard InChI is InChI=1S/C15H16N4O2/c20-14-12-4-2-1-3-10(12)7-13(19-14)15(21)17-6-5-11-8-16-9-18-11/h1-4,8-9,13H,5-7H2,(H,16,18)(H,17,21)(H,19,20). The summed E-state index contributed by atoms with van der Waals surface area (Å²) in [6, 6.07) is 6.86. The quantitative estimate of drug-likeness (QED) is 0.760. The summed E-state index contributed by atoms with van der Waals surface area (Å²) in [6.07, 6.45) is 4.54. The van der Waals surface area contributed by atoms with Crippen molar-refractivity contribution in [2.45, 2.75) is 18.9 Å². The van der Waals surface area contributed by atoms with Gasteiger partial charge in [0.2, 0.25) is 5.91 Å². The Morgan fingerprint density at radius 2 is 2.24 bits per heavy atom. The zero-order valence-corrected chi connectivity index (χ0v) is 11.4. The summed E-state index contributed by atoms with van der Waals surface area (Å²) in [6.45, 7) is 0.509. The van der Waals surface area contributed by atoms with E-state index in [1.165, 1.54) is 0 Å². The highest BCUT2D eigenvalue weighted by molar-refractivity contribution is 6.00. The van der Waals surface area contributed by atoms with Crippen molar-refractivity contribution in [3.63, 3.8) is 0 Å². The molecule has 108 valence electrons. The number of nitrogens with zero attached hydrogens (tertiary/aromatic N) is 1. The van der Waals surface area contributed by atoms with Crippen molar-refractivity contribution in [1.82, 2.24) is 20.6 Å². The molecule has 0 bridgehead atoms. The normalized spacial score (nSPS) is 17.0. The smallest absolute Gasteiger partial charge is 0.252 e. The summed E-state index contributed by atoms with van der Waals surface area (Å²) in [7, 11) is 0. The maximum atomic E-state index is 12.1. The molecule has 1 aliphatic rings. The van der Waals surface area contributed by atoms with Crippen LogP contribution in [0.2, 0.25) is 0 Å². The van der Waals surface area contributed by atoms with Crippen molar-refractivity contribution in [2.24, 2.45) is 0 Å². The zero-order chi connectivity index (χ0) is 14.7. The van der Waals surface area contributed by atoms with Crippen LogP contribution < -0.4 is 10.6 Å². The molecule has 21 heavy (non-hydrogen) atoms. The molecule has 0 saturated heterocycles. The fraction of sp³-hybridized carbons (Fsp3) is 0.267. The Kier molecular flexibility index (Phi) is 3.68. The maximum Gasteiger partial charge on any atom is 0.252 e. The molecule has 0 spiro atoms. The molecule has 1 aromatic heterocycles. The van der Waals surface area contributed by atoms with Crippen LogP contribution in [-0.4, -0.2) is 34.4 Å². The number of imidazole rings is 1. The highest BCUT2D eigenvalue weighted by Gasteiger charge is 2.28. The average Bonchev–Trinajstić information content (AvgIpc) is 3.00. The molecular weight excluding hydrogens is 268 g/mol. The number of hydrogen-bond donors (Lipinski definition) is 3. The molecule has 6 heteroatoms. The van der Waals surface area contributed by atoms with Crippen molar-refractivity contribution in [1.29, 1.82) is 0 Å². The van der Waals surface area contributed by atoms with Gasteiger partial charge in [0, 0.05) is 36.8 Å². The topological polar surface area (TPSA) is 86.9 Å². The van der Waals surface area contributed by atoms with Crippen LogP contribution in [0.1, 0.15) is 21.6 Å². The molecule has 6 nitrogen and oxygen atoms in total. The molecule has 1 aromatic carbocycles. The Morgan fingerprint density at radius 1 is 1.38 bits per heavy atom. The van der Waals surface area contributed by atoms with Crippen LogP contribution in [0.25, 0.3) is 0 Å². The van der Waals surface area contributed by atoms with Gasteiger partial charge < -0.3 is 15.6 Å². The van der Waals surface area contributed by atoms with Crippen molar-refractivity contribution in [3.8, 4) is 0 Å². The summed E-state index contributed by atoms with van der Waals surface area (Å²) in [5, 5.41) is 5.59. The number of H-pyrrole nitrogens is 1. The van der Waals surface area contributed by atoms with Crippen LogP contribution in [0, 0.1) is 0 Å². The molecular formula is C15H16N4O2. The number of benzene rings is 1. The van der Waals surface area contributed by atoms with Crippen LogP contribution in [0.15, 0.2) is 36.8 Å². The van der Waals surface area contributed by atoms with E-state index in [0.29, 0.717) is 24.9 Å². The Morgan fingerprint density at radius 3 is 3.05 bits per heavy atom. The fourth-order valence-electron chi connectivity index (χ4n) is 2.45. The van der Waals surface area contributed by atoms with Crippen LogP contribution in [0.5, 0.6) is 0 Å². The van der Waals surface area contributed by atoms with Gasteiger partial charge in [-0.25, -0.2) is 4.98 Å². The predicted octanol–water partition coefficient (Wildman–Crippen LogP) is 0.423. The first-order chi connectivity index (χ1) is 10.2. The minimum Gasteiger partial charge on any atom is -0.354 e. The van der Waals surface area contributed by atoms with Crippen molar-refractivity contribution in [2.75, 3.05) is 6.54 Å². The molecule has 1 atom stereocenters. The first-order valence-corrected chi connectivity index (χ1v) is 6.88. The third-order valence-corrected chi connectivity index (χ3v) is 3.56. The number of aromatic nitrogens is 2. The van der Waals surface area contributed by atoms with Crippen molar-refractivity contribution < 1.29 is 9.59 Å². The van der Waals surface area contributed by atoms with E-state index in [2.05, 4.69) is 20.6 Å². The van der Waals surface area contributed by atoms with E-state index in [0.717, 1.165) is 11.3 Å². The third kappa shape index (κ3) is 2.94. The number of carbonyl (C=O) groups is 2. The molecule has 2 heterocycles. The Bertz CT molecular complexity index is 651. The lowest BCUT2D eigenvalue weighted by Crippen LogP contribution is -2.51. The molecule has 0 saturated carbocycles. The van der Waals surface area contributed by atoms with Gasteiger partial charge in [0.15, 0.2) is 0 Å². The molecule has 1 aliphatic heterocycles.